The molecule has 0 spiro atoms. The van der Waals surface area contributed by atoms with Crippen LogP contribution in [0.15, 0.2) is 28.8 Å². The number of nitrogens with zero attached hydrogens (tertiary/aromatic N) is 3. The van der Waals surface area contributed by atoms with E-state index in [2.05, 4.69) is 15.1 Å². The Bertz CT molecular complexity index is 963. The smallest absolute Gasteiger partial charge is 0.258 e. The van der Waals surface area contributed by atoms with Gasteiger partial charge in [0.05, 0.1) is 13.2 Å². The number of aliphatic hydroxyl groups is 2. The molecule has 8 heteroatoms. The predicted molar refractivity (Wildman–Crippen MR) is 107 cm³/mol. The minimum absolute atomic E-state index is 0.0213. The first-order valence-electron chi connectivity index (χ1n) is 9.40. The van der Waals surface area contributed by atoms with Crippen molar-refractivity contribution in [2.75, 3.05) is 19.8 Å². The number of hydrogen-bond acceptors (Lipinski definition) is 8. The Balaban J connectivity index is 1.87. The molecule has 1 atom stereocenters. The van der Waals surface area contributed by atoms with Crippen LogP contribution in [0.2, 0.25) is 0 Å². The minimum atomic E-state index is -0.918. The van der Waals surface area contributed by atoms with Crippen LogP contribution < -0.4 is 9.47 Å². The fraction of sp³-hybridized carbons (Fsp3) is 0.381. The SMILES string of the molecule is CCOc1cc(-c2nc(-c3cc(C)c(OC[C@H](O)CO)c(C)c3)no2)cc(C)n1. The maximum absolute atomic E-state index is 9.50. The van der Waals surface area contributed by atoms with Crippen molar-refractivity contribution in [1.82, 2.24) is 15.1 Å². The molecule has 3 rings (SSSR count). The van der Waals surface area contributed by atoms with Gasteiger partial charge in [-0.05, 0) is 57.0 Å². The third-order valence-corrected chi connectivity index (χ3v) is 4.24. The van der Waals surface area contributed by atoms with Gasteiger partial charge in [0.15, 0.2) is 0 Å². The summed E-state index contributed by atoms with van der Waals surface area (Å²) in [6, 6.07) is 7.42. The third kappa shape index (κ3) is 4.90. The van der Waals surface area contributed by atoms with Crippen molar-refractivity contribution in [3.05, 3.63) is 41.1 Å². The highest BCUT2D eigenvalue weighted by Gasteiger charge is 2.16. The van der Waals surface area contributed by atoms with Crippen molar-refractivity contribution >= 4 is 0 Å². The summed E-state index contributed by atoms with van der Waals surface area (Å²) in [5, 5.41) is 22.5. The average Bonchev–Trinajstić information content (AvgIpc) is 3.17. The maximum Gasteiger partial charge on any atom is 0.258 e. The van der Waals surface area contributed by atoms with Crippen molar-refractivity contribution in [3.63, 3.8) is 0 Å². The Labute approximate surface area is 169 Å². The Morgan fingerprint density at radius 3 is 2.38 bits per heavy atom. The number of aryl methyl sites for hydroxylation is 3. The molecule has 154 valence electrons. The molecule has 3 aromatic rings. The van der Waals surface area contributed by atoms with Crippen molar-refractivity contribution in [2.24, 2.45) is 0 Å². The van der Waals surface area contributed by atoms with Gasteiger partial charge in [0.1, 0.15) is 18.5 Å². The quantitative estimate of drug-likeness (QED) is 0.595. The first kappa shape index (κ1) is 20.8. The van der Waals surface area contributed by atoms with Crippen LogP contribution >= 0.6 is 0 Å². The molecule has 0 saturated heterocycles. The first-order valence-corrected chi connectivity index (χ1v) is 9.40. The standard InChI is InChI=1S/C21H25N3O5/c1-5-27-18-9-16(8-14(4)22-18)21-23-20(24-29-21)15-6-12(2)19(13(3)7-15)28-11-17(26)10-25/h6-9,17,25-26H,5,10-11H2,1-4H3/t17-/m1/s1. The van der Waals surface area contributed by atoms with Gasteiger partial charge in [-0.15, -0.1) is 0 Å². The maximum atomic E-state index is 9.50. The molecule has 2 heterocycles. The van der Waals surface area contributed by atoms with E-state index >= 15 is 0 Å². The van der Waals surface area contributed by atoms with E-state index in [9.17, 15) is 5.11 Å². The van der Waals surface area contributed by atoms with E-state index in [1.165, 1.54) is 0 Å². The topological polar surface area (TPSA) is 111 Å². The van der Waals surface area contributed by atoms with E-state index < -0.39 is 6.10 Å². The molecular formula is C21H25N3O5. The highest BCUT2D eigenvalue weighted by Crippen LogP contribution is 2.31. The second-order valence-electron chi connectivity index (χ2n) is 6.78. The normalized spacial score (nSPS) is 12.1. The summed E-state index contributed by atoms with van der Waals surface area (Å²) in [5.74, 6) is 2.02. The molecule has 2 aromatic heterocycles. The first-order chi connectivity index (χ1) is 13.9. The van der Waals surface area contributed by atoms with Crippen molar-refractivity contribution in [1.29, 1.82) is 0 Å². The lowest BCUT2D eigenvalue weighted by atomic mass is 10.1. The van der Waals surface area contributed by atoms with Crippen LogP contribution in [-0.4, -0.2) is 51.3 Å². The third-order valence-electron chi connectivity index (χ3n) is 4.24. The average molecular weight is 399 g/mol. The lowest BCUT2D eigenvalue weighted by Gasteiger charge is -2.15. The second kappa shape index (κ2) is 9.02. The molecular weight excluding hydrogens is 374 g/mol. The number of benzene rings is 1. The summed E-state index contributed by atoms with van der Waals surface area (Å²) in [5.41, 5.74) is 4.07. The molecule has 0 fully saturated rings. The lowest BCUT2D eigenvalue weighted by Crippen LogP contribution is -2.21. The van der Waals surface area contributed by atoms with Crippen molar-refractivity contribution < 1.29 is 24.2 Å². The van der Waals surface area contributed by atoms with Gasteiger partial charge < -0.3 is 24.2 Å². The molecule has 0 aliphatic rings. The minimum Gasteiger partial charge on any atom is -0.490 e. The van der Waals surface area contributed by atoms with Crippen LogP contribution in [0, 0.1) is 20.8 Å². The lowest BCUT2D eigenvalue weighted by molar-refractivity contribution is 0.0532. The zero-order valence-corrected chi connectivity index (χ0v) is 17.0. The van der Waals surface area contributed by atoms with Gasteiger partial charge >= 0.3 is 0 Å². The Kier molecular flexibility index (Phi) is 6.46. The Morgan fingerprint density at radius 2 is 1.72 bits per heavy atom. The molecule has 0 aliphatic heterocycles. The molecule has 0 aliphatic carbocycles. The van der Waals surface area contributed by atoms with Gasteiger partial charge in [-0.3, -0.25) is 0 Å². The largest absolute Gasteiger partial charge is 0.490 e. The van der Waals surface area contributed by atoms with E-state index in [4.69, 9.17) is 19.1 Å². The van der Waals surface area contributed by atoms with Gasteiger partial charge in [0, 0.05) is 22.9 Å². The highest BCUT2D eigenvalue weighted by molar-refractivity contribution is 5.64. The molecule has 1 aromatic carbocycles. The molecule has 8 nitrogen and oxygen atoms in total. The Hall–Kier alpha value is -2.97. The van der Waals surface area contributed by atoms with E-state index in [1.807, 2.05) is 45.9 Å². The van der Waals surface area contributed by atoms with Gasteiger partial charge in [-0.25, -0.2) is 4.98 Å². The fourth-order valence-corrected chi connectivity index (χ4v) is 2.98. The highest BCUT2D eigenvalue weighted by atomic mass is 16.5. The van der Waals surface area contributed by atoms with Crippen LogP contribution in [0.25, 0.3) is 22.8 Å². The summed E-state index contributed by atoms with van der Waals surface area (Å²) in [6.07, 6.45) is -0.918. The summed E-state index contributed by atoms with van der Waals surface area (Å²) >= 11 is 0. The van der Waals surface area contributed by atoms with Crippen LogP contribution in [0.4, 0.5) is 0 Å². The van der Waals surface area contributed by atoms with Crippen molar-refractivity contribution in [2.45, 2.75) is 33.8 Å². The molecule has 0 unspecified atom stereocenters. The zero-order valence-electron chi connectivity index (χ0n) is 17.0. The number of rotatable bonds is 8. The van der Waals surface area contributed by atoms with Gasteiger partial charge in [-0.2, -0.15) is 4.98 Å². The number of aromatic nitrogens is 3. The van der Waals surface area contributed by atoms with Gasteiger partial charge in [0.2, 0.25) is 11.7 Å². The monoisotopic (exact) mass is 399 g/mol. The summed E-state index contributed by atoms with van der Waals surface area (Å²) in [6.45, 7) is 7.78. The summed E-state index contributed by atoms with van der Waals surface area (Å²) in [4.78, 5) is 8.84. The molecule has 29 heavy (non-hydrogen) atoms. The number of pyridine rings is 1. The number of ether oxygens (including phenoxy) is 2. The zero-order chi connectivity index (χ0) is 21.0. The second-order valence-corrected chi connectivity index (χ2v) is 6.78. The van der Waals surface area contributed by atoms with E-state index in [0.717, 1.165) is 27.9 Å². The van der Waals surface area contributed by atoms with Gasteiger partial charge in [0.25, 0.3) is 5.89 Å². The summed E-state index contributed by atoms with van der Waals surface area (Å²) < 4.78 is 16.6. The Morgan fingerprint density at radius 1 is 1.00 bits per heavy atom. The van der Waals surface area contributed by atoms with E-state index in [1.54, 1.807) is 6.07 Å². The van der Waals surface area contributed by atoms with Crippen molar-refractivity contribution in [3.8, 4) is 34.5 Å². The van der Waals surface area contributed by atoms with Crippen LogP contribution in [0.1, 0.15) is 23.7 Å². The summed E-state index contributed by atoms with van der Waals surface area (Å²) in [7, 11) is 0. The molecule has 0 bridgehead atoms. The molecule has 0 amide bonds. The fourth-order valence-electron chi connectivity index (χ4n) is 2.98. The van der Waals surface area contributed by atoms with Crippen LogP contribution in [0.5, 0.6) is 11.6 Å². The van der Waals surface area contributed by atoms with Crippen LogP contribution in [-0.2, 0) is 0 Å². The van der Waals surface area contributed by atoms with E-state index in [-0.39, 0.29) is 13.2 Å². The van der Waals surface area contributed by atoms with E-state index in [0.29, 0.717) is 30.0 Å². The number of aliphatic hydroxyl groups excluding tert-OH is 2. The molecule has 0 radical (unpaired) electrons. The van der Waals surface area contributed by atoms with Gasteiger partial charge in [-0.1, -0.05) is 5.16 Å². The molecule has 2 N–H and O–H groups in total. The predicted octanol–water partition coefficient (Wildman–Crippen LogP) is 2.85. The number of hydrogen-bond donors (Lipinski definition) is 2. The molecule has 0 saturated carbocycles. The van der Waals surface area contributed by atoms with Crippen LogP contribution in [0.3, 0.4) is 0 Å².